The summed E-state index contributed by atoms with van der Waals surface area (Å²) in [6.07, 6.45) is 0. The fraction of sp³-hybridized carbons (Fsp3) is 0.273. The lowest BCUT2D eigenvalue weighted by Crippen LogP contribution is -2.56. The molecule has 0 heterocycles. The van der Waals surface area contributed by atoms with Crippen molar-refractivity contribution in [2.45, 2.75) is 39.3 Å². The molecule has 0 aliphatic heterocycles. The van der Waals surface area contributed by atoms with E-state index in [9.17, 15) is 10.5 Å². The van der Waals surface area contributed by atoms with Crippen LogP contribution in [0.4, 0.5) is 0 Å². The van der Waals surface area contributed by atoms with Gasteiger partial charge in [0.1, 0.15) is 12.1 Å². The first-order valence-electron chi connectivity index (χ1n) is 8.91. The molecule has 3 aromatic carbocycles. The summed E-state index contributed by atoms with van der Waals surface area (Å²) in [6, 6.07) is 17.1. The van der Waals surface area contributed by atoms with E-state index < -0.39 is 16.1 Å². The first-order valence-corrected chi connectivity index (χ1v) is 15.9. The third-order valence-electron chi connectivity index (χ3n) is 4.93. The Bertz CT molecular complexity index is 1030. The van der Waals surface area contributed by atoms with Crippen molar-refractivity contribution < 1.29 is 0 Å². The summed E-state index contributed by atoms with van der Waals surface area (Å²) in [4.78, 5) is 0. The van der Waals surface area contributed by atoms with Crippen LogP contribution in [0.2, 0.25) is 39.3 Å². The van der Waals surface area contributed by atoms with Crippen molar-refractivity contribution in [3.63, 3.8) is 0 Å². The normalized spacial score (nSPS) is 12.2. The third-order valence-corrected chi connectivity index (χ3v) is 9.23. The van der Waals surface area contributed by atoms with Crippen LogP contribution in [0.3, 0.4) is 0 Å². The topological polar surface area (TPSA) is 47.6 Å². The second-order valence-corrected chi connectivity index (χ2v) is 19.1. The van der Waals surface area contributed by atoms with Crippen LogP contribution in [0.25, 0.3) is 21.5 Å². The summed E-state index contributed by atoms with van der Waals surface area (Å²) in [5.41, 5.74) is 0.895. The van der Waals surface area contributed by atoms with Gasteiger partial charge in [-0.2, -0.15) is 10.5 Å². The number of benzene rings is 3. The zero-order valence-corrected chi connectivity index (χ0v) is 18.4. The van der Waals surface area contributed by atoms with Crippen molar-refractivity contribution >= 4 is 48.1 Å². The van der Waals surface area contributed by atoms with Crippen LogP contribution in [-0.2, 0) is 0 Å². The zero-order chi connectivity index (χ0) is 19.3. The minimum absolute atomic E-state index is 0.448. The van der Waals surface area contributed by atoms with Crippen molar-refractivity contribution in [3.05, 3.63) is 47.5 Å². The molecular formula is C22H24N2Si2. The van der Waals surface area contributed by atoms with E-state index >= 15 is 0 Å². The highest BCUT2D eigenvalue weighted by molar-refractivity contribution is 6.98. The van der Waals surface area contributed by atoms with Crippen molar-refractivity contribution in [3.8, 4) is 12.1 Å². The molecule has 0 saturated carbocycles. The number of nitrogens with zero attached hydrogens (tertiary/aromatic N) is 2. The molecule has 0 fully saturated rings. The van der Waals surface area contributed by atoms with E-state index in [0.29, 0.717) is 11.1 Å². The highest BCUT2D eigenvalue weighted by atomic mass is 28.3. The largest absolute Gasteiger partial charge is 0.192 e. The molecule has 4 heteroatoms. The van der Waals surface area contributed by atoms with Gasteiger partial charge in [0.2, 0.25) is 0 Å². The van der Waals surface area contributed by atoms with Gasteiger partial charge in [0.25, 0.3) is 0 Å². The zero-order valence-electron chi connectivity index (χ0n) is 16.4. The number of nitriles is 2. The van der Waals surface area contributed by atoms with Crippen LogP contribution in [0, 0.1) is 22.7 Å². The Balaban J connectivity index is 2.41. The number of hydrogen-bond acceptors (Lipinski definition) is 2. The minimum Gasteiger partial charge on any atom is -0.192 e. The first-order chi connectivity index (χ1) is 12.0. The fourth-order valence-corrected chi connectivity index (χ4v) is 8.71. The molecule has 0 amide bonds. The van der Waals surface area contributed by atoms with Gasteiger partial charge in [-0.1, -0.05) is 61.8 Å². The second kappa shape index (κ2) is 6.09. The van der Waals surface area contributed by atoms with Gasteiger partial charge in [0, 0.05) is 0 Å². The Morgan fingerprint density at radius 3 is 1.12 bits per heavy atom. The van der Waals surface area contributed by atoms with E-state index in [1.807, 2.05) is 12.1 Å². The monoisotopic (exact) mass is 372 g/mol. The maximum absolute atomic E-state index is 9.31. The van der Waals surface area contributed by atoms with E-state index in [0.717, 1.165) is 10.8 Å². The molecule has 0 aliphatic carbocycles. The van der Waals surface area contributed by atoms with Gasteiger partial charge >= 0.3 is 0 Å². The number of rotatable bonds is 2. The smallest absolute Gasteiger partial charge is 0.101 e. The molecule has 26 heavy (non-hydrogen) atoms. The molecule has 0 spiro atoms. The van der Waals surface area contributed by atoms with Crippen molar-refractivity contribution in [2.75, 3.05) is 0 Å². The van der Waals surface area contributed by atoms with Gasteiger partial charge in [0.05, 0.1) is 27.3 Å². The highest BCUT2D eigenvalue weighted by Gasteiger charge is 2.28. The highest BCUT2D eigenvalue weighted by Crippen LogP contribution is 2.26. The maximum Gasteiger partial charge on any atom is 0.101 e. The van der Waals surface area contributed by atoms with Gasteiger partial charge < -0.3 is 0 Å². The van der Waals surface area contributed by atoms with Gasteiger partial charge in [-0.15, -0.1) is 0 Å². The minimum atomic E-state index is -1.47. The molecule has 0 unspecified atom stereocenters. The summed E-state index contributed by atoms with van der Waals surface area (Å²) >= 11 is 0. The van der Waals surface area contributed by atoms with E-state index in [-0.39, 0.29) is 0 Å². The molecule has 0 aliphatic rings. The summed E-state index contributed by atoms with van der Waals surface area (Å²) in [6.45, 7) is 14.5. The van der Waals surface area contributed by atoms with Crippen molar-refractivity contribution in [1.82, 2.24) is 0 Å². The second-order valence-electron chi connectivity index (χ2n) is 9.07. The van der Waals surface area contributed by atoms with E-state index in [2.05, 4.69) is 75.7 Å². The lowest BCUT2D eigenvalue weighted by atomic mass is 9.99. The Morgan fingerprint density at radius 1 is 0.538 bits per heavy atom. The Labute approximate surface area is 157 Å². The summed E-state index contributed by atoms with van der Waals surface area (Å²) in [5.74, 6) is 0. The van der Waals surface area contributed by atoms with Crippen LogP contribution < -0.4 is 10.4 Å². The van der Waals surface area contributed by atoms with Crippen molar-refractivity contribution in [1.29, 1.82) is 10.5 Å². The van der Waals surface area contributed by atoms with Crippen LogP contribution in [0.1, 0.15) is 11.1 Å². The van der Waals surface area contributed by atoms with E-state index in [4.69, 9.17) is 0 Å². The van der Waals surface area contributed by atoms with Crippen LogP contribution in [0.15, 0.2) is 36.4 Å². The molecule has 0 aromatic heterocycles. The lowest BCUT2D eigenvalue weighted by Gasteiger charge is -2.28. The lowest BCUT2D eigenvalue weighted by molar-refractivity contribution is 1.45. The molecule has 3 rings (SSSR count). The van der Waals surface area contributed by atoms with Crippen LogP contribution in [0.5, 0.6) is 0 Å². The third kappa shape index (κ3) is 3.19. The van der Waals surface area contributed by atoms with Crippen molar-refractivity contribution in [2.24, 2.45) is 0 Å². The molecule has 3 aromatic rings. The van der Waals surface area contributed by atoms with Gasteiger partial charge in [-0.05, 0) is 45.8 Å². The number of hydrogen-bond donors (Lipinski definition) is 0. The Morgan fingerprint density at radius 2 is 0.846 bits per heavy atom. The van der Waals surface area contributed by atoms with Crippen LogP contribution in [-0.4, -0.2) is 16.1 Å². The fourth-order valence-electron chi connectivity index (χ4n) is 3.53. The average molecular weight is 373 g/mol. The van der Waals surface area contributed by atoms with Crippen LogP contribution >= 0.6 is 0 Å². The number of fused-ring (bicyclic) bond motifs is 2. The maximum atomic E-state index is 9.31. The molecule has 0 N–H and O–H groups in total. The summed E-state index contributed by atoms with van der Waals surface area (Å²) in [5, 5.41) is 26.2. The summed E-state index contributed by atoms with van der Waals surface area (Å²) < 4.78 is 0. The molecule has 0 atom stereocenters. The first kappa shape index (κ1) is 18.4. The molecule has 0 radical (unpaired) electrons. The predicted octanol–water partition coefficient (Wildman–Crippen LogP) is 4.83. The standard InChI is InChI=1S/C22H24N2Si2/c1-25(2,3)21-11-17-7-15-9-19(13-23)20(14-24)10-16(15)8-18(17)12-22(21)26(4,5)6/h7-12H,1-6H3. The molecule has 0 saturated heterocycles. The van der Waals surface area contributed by atoms with E-state index in [1.54, 1.807) is 10.4 Å². The molecule has 130 valence electrons. The molecule has 0 bridgehead atoms. The van der Waals surface area contributed by atoms with E-state index in [1.165, 1.54) is 10.8 Å². The quantitative estimate of drug-likeness (QED) is 0.478. The molecule has 2 nitrogen and oxygen atoms in total. The SMILES string of the molecule is C[Si](C)(C)c1cc2cc3cc(C#N)c(C#N)cc3cc2cc1[Si](C)(C)C. The Kier molecular flexibility index (Phi) is 4.31. The molecular weight excluding hydrogens is 348 g/mol. The van der Waals surface area contributed by atoms with Gasteiger partial charge in [-0.25, -0.2) is 0 Å². The van der Waals surface area contributed by atoms with Gasteiger partial charge in [0.15, 0.2) is 0 Å². The predicted molar refractivity (Wildman–Crippen MR) is 117 cm³/mol. The average Bonchev–Trinajstić information content (AvgIpc) is 2.55. The summed E-state index contributed by atoms with van der Waals surface area (Å²) in [7, 11) is -2.93. The van der Waals surface area contributed by atoms with Gasteiger partial charge in [-0.3, -0.25) is 0 Å². The Hall–Kier alpha value is -2.41.